The molecular formula is C18H23BrN2O2S2. The maximum Gasteiger partial charge on any atom is 0.106 e. The normalized spacial score (nSPS) is 13.0. The molecule has 0 amide bonds. The summed E-state index contributed by atoms with van der Waals surface area (Å²) in [5.74, 6) is 0. The number of rotatable bonds is 6. The van der Waals surface area contributed by atoms with Gasteiger partial charge >= 0.3 is 0 Å². The van der Waals surface area contributed by atoms with Crippen molar-refractivity contribution in [3.63, 3.8) is 0 Å². The van der Waals surface area contributed by atoms with E-state index < -0.39 is 11.0 Å². The molecule has 136 valence electrons. The molecule has 0 fully saturated rings. The molecule has 4 nitrogen and oxygen atoms in total. The van der Waals surface area contributed by atoms with E-state index in [-0.39, 0.29) is 11.4 Å². The molecular weight excluding hydrogens is 420 g/mol. The van der Waals surface area contributed by atoms with Crippen molar-refractivity contribution in [3.8, 4) is 0 Å². The van der Waals surface area contributed by atoms with Crippen molar-refractivity contribution in [1.82, 2.24) is 9.71 Å². The van der Waals surface area contributed by atoms with Crippen LogP contribution in [0.5, 0.6) is 0 Å². The van der Waals surface area contributed by atoms with Gasteiger partial charge in [0.1, 0.15) is 5.03 Å². The minimum absolute atomic E-state index is 0.0482. The quantitative estimate of drug-likeness (QED) is 0.697. The molecule has 25 heavy (non-hydrogen) atoms. The summed E-state index contributed by atoms with van der Waals surface area (Å²) in [5, 5.41) is 10.3. The number of nitrogens with one attached hydrogen (secondary N) is 1. The number of hydrogen-bond donors (Lipinski definition) is 2. The molecule has 1 aromatic carbocycles. The third kappa shape index (κ3) is 5.62. The van der Waals surface area contributed by atoms with Crippen LogP contribution in [0.3, 0.4) is 0 Å². The number of aliphatic hydroxyl groups is 1. The number of aliphatic hydroxyl groups excluding tert-OH is 1. The lowest BCUT2D eigenvalue weighted by molar-refractivity contribution is 0.278. The molecule has 1 unspecified atom stereocenters. The van der Waals surface area contributed by atoms with Crippen molar-refractivity contribution in [2.75, 3.05) is 0 Å². The highest BCUT2D eigenvalue weighted by atomic mass is 79.9. The summed E-state index contributed by atoms with van der Waals surface area (Å²) in [6.07, 6.45) is 1.72. The molecule has 0 aliphatic rings. The first-order chi connectivity index (χ1) is 11.7. The van der Waals surface area contributed by atoms with Gasteiger partial charge in [0.05, 0.1) is 22.3 Å². The van der Waals surface area contributed by atoms with Gasteiger partial charge in [-0.2, -0.15) is 0 Å². The van der Waals surface area contributed by atoms with Crippen molar-refractivity contribution in [2.24, 2.45) is 0 Å². The zero-order valence-electron chi connectivity index (χ0n) is 14.8. The molecule has 0 aliphatic carbocycles. The third-order valence-electron chi connectivity index (χ3n) is 3.49. The highest BCUT2D eigenvalue weighted by Crippen LogP contribution is 2.36. The molecule has 2 aromatic rings. The molecule has 0 bridgehead atoms. The van der Waals surface area contributed by atoms with Gasteiger partial charge in [-0.25, -0.2) is 13.9 Å². The number of aryl methyl sites for hydroxylation is 1. The van der Waals surface area contributed by atoms with Crippen LogP contribution < -0.4 is 4.72 Å². The van der Waals surface area contributed by atoms with Crippen LogP contribution in [0.15, 0.2) is 44.9 Å². The lowest BCUT2D eigenvalue weighted by Gasteiger charge is -2.20. The molecule has 1 aromatic heterocycles. The fourth-order valence-electron chi connectivity index (χ4n) is 2.17. The van der Waals surface area contributed by atoms with Crippen molar-refractivity contribution >= 4 is 38.7 Å². The Bertz CT molecular complexity index is 776. The van der Waals surface area contributed by atoms with Crippen LogP contribution in [0.2, 0.25) is 0 Å². The molecule has 0 saturated heterocycles. The van der Waals surface area contributed by atoms with E-state index in [1.807, 2.05) is 52.0 Å². The predicted molar refractivity (Wildman–Crippen MR) is 108 cm³/mol. The topological polar surface area (TPSA) is 62.2 Å². The summed E-state index contributed by atoms with van der Waals surface area (Å²) in [5.41, 5.74) is 2.95. The van der Waals surface area contributed by atoms with Gasteiger partial charge in [-0.05, 0) is 57.0 Å². The van der Waals surface area contributed by atoms with E-state index in [1.54, 1.807) is 6.20 Å². The van der Waals surface area contributed by atoms with Crippen LogP contribution in [0, 0.1) is 6.92 Å². The molecule has 2 rings (SSSR count). The zero-order valence-corrected chi connectivity index (χ0v) is 18.0. The van der Waals surface area contributed by atoms with Crippen LogP contribution in [-0.2, 0) is 24.1 Å². The van der Waals surface area contributed by atoms with Gasteiger partial charge in [0.15, 0.2) is 0 Å². The Hall–Kier alpha value is -0.730. The average molecular weight is 443 g/mol. The Morgan fingerprint density at radius 3 is 2.68 bits per heavy atom. The minimum Gasteiger partial charge on any atom is -0.392 e. The van der Waals surface area contributed by atoms with Crippen molar-refractivity contribution in [3.05, 3.63) is 51.6 Å². The monoisotopic (exact) mass is 442 g/mol. The molecule has 2 N–H and O–H groups in total. The summed E-state index contributed by atoms with van der Waals surface area (Å²) >= 11 is 5.07. The first-order valence-corrected chi connectivity index (χ1v) is 10.7. The van der Waals surface area contributed by atoms with E-state index in [4.69, 9.17) is 0 Å². The average Bonchev–Trinajstić information content (AvgIpc) is 2.54. The first kappa shape index (κ1) is 20.6. The smallest absolute Gasteiger partial charge is 0.106 e. The number of aromatic nitrogens is 1. The summed E-state index contributed by atoms with van der Waals surface area (Å²) in [6.45, 7) is 8.32. The molecule has 1 heterocycles. The van der Waals surface area contributed by atoms with Crippen molar-refractivity contribution in [1.29, 1.82) is 0 Å². The van der Waals surface area contributed by atoms with Crippen molar-refractivity contribution < 1.29 is 9.32 Å². The van der Waals surface area contributed by atoms with E-state index in [9.17, 15) is 9.32 Å². The maximum atomic E-state index is 12.3. The van der Waals surface area contributed by atoms with Crippen LogP contribution >= 0.6 is 27.7 Å². The largest absolute Gasteiger partial charge is 0.392 e. The van der Waals surface area contributed by atoms with E-state index in [2.05, 4.69) is 25.6 Å². The number of pyridine rings is 1. The van der Waals surface area contributed by atoms with Gasteiger partial charge in [-0.3, -0.25) is 0 Å². The second-order valence-corrected chi connectivity index (χ2v) is 10.6. The van der Waals surface area contributed by atoms with E-state index in [1.165, 1.54) is 11.8 Å². The summed E-state index contributed by atoms with van der Waals surface area (Å²) < 4.78 is 16.1. The van der Waals surface area contributed by atoms with E-state index in [0.29, 0.717) is 6.54 Å². The molecule has 0 aliphatic heterocycles. The van der Waals surface area contributed by atoms with Crippen LogP contribution in [0.25, 0.3) is 0 Å². The number of hydrogen-bond acceptors (Lipinski definition) is 4. The molecule has 0 saturated carbocycles. The highest BCUT2D eigenvalue weighted by molar-refractivity contribution is 9.10. The van der Waals surface area contributed by atoms with Crippen molar-refractivity contribution in [2.45, 2.75) is 55.5 Å². The Morgan fingerprint density at radius 2 is 2.04 bits per heavy atom. The lowest BCUT2D eigenvalue weighted by atomic mass is 10.1. The number of nitrogens with zero attached hydrogens (tertiary/aromatic N) is 1. The molecule has 7 heteroatoms. The predicted octanol–water partition coefficient (Wildman–Crippen LogP) is 4.35. The van der Waals surface area contributed by atoms with Gasteiger partial charge in [-0.15, -0.1) is 0 Å². The standard InChI is InChI=1S/C18H23BrN2O2S2/c1-12-8-15(19)9-14(10-21-25(23)18(2,3)4)16(12)24-17-13(11-22)6-5-7-20-17/h5-9,21-22H,10-11H2,1-4H3. The maximum absolute atomic E-state index is 12.3. The fraction of sp³-hybridized carbons (Fsp3) is 0.389. The van der Waals surface area contributed by atoms with Gasteiger partial charge < -0.3 is 5.11 Å². The van der Waals surface area contributed by atoms with Gasteiger partial charge in [-0.1, -0.05) is 33.8 Å². The number of halogens is 1. The molecule has 0 radical (unpaired) electrons. The Balaban J connectivity index is 2.32. The summed E-state index contributed by atoms with van der Waals surface area (Å²) in [6, 6.07) is 7.77. The second-order valence-electron chi connectivity index (χ2n) is 6.64. The number of benzene rings is 1. The molecule has 1 atom stereocenters. The van der Waals surface area contributed by atoms with Crippen LogP contribution in [0.4, 0.5) is 0 Å². The third-order valence-corrected chi connectivity index (χ3v) is 6.81. The van der Waals surface area contributed by atoms with E-state index >= 15 is 0 Å². The fourth-order valence-corrected chi connectivity index (χ4v) is 4.56. The Morgan fingerprint density at radius 1 is 1.32 bits per heavy atom. The molecule has 0 spiro atoms. The zero-order chi connectivity index (χ0) is 18.6. The van der Waals surface area contributed by atoms with E-state index in [0.717, 1.165) is 31.1 Å². The summed E-state index contributed by atoms with van der Waals surface area (Å²) in [4.78, 5) is 5.46. The van der Waals surface area contributed by atoms with Gasteiger partial charge in [0, 0.05) is 27.7 Å². The second kappa shape index (κ2) is 8.77. The van der Waals surface area contributed by atoms with Crippen LogP contribution in [-0.4, -0.2) is 19.0 Å². The lowest BCUT2D eigenvalue weighted by Crippen LogP contribution is -2.33. The summed E-state index contributed by atoms with van der Waals surface area (Å²) in [7, 11) is -1.14. The Kier molecular flexibility index (Phi) is 7.22. The Labute approximate surface area is 164 Å². The van der Waals surface area contributed by atoms with Gasteiger partial charge in [0.25, 0.3) is 0 Å². The minimum atomic E-state index is -1.14. The SMILES string of the molecule is Cc1cc(Br)cc(CNS(=O)C(C)(C)C)c1Sc1ncccc1CO. The van der Waals surface area contributed by atoms with Crippen LogP contribution in [0.1, 0.15) is 37.5 Å². The van der Waals surface area contributed by atoms with Gasteiger partial charge in [0.2, 0.25) is 0 Å². The highest BCUT2D eigenvalue weighted by Gasteiger charge is 2.20. The first-order valence-electron chi connectivity index (χ1n) is 7.89.